The number of amides is 1. The van der Waals surface area contributed by atoms with Crippen molar-refractivity contribution in [3.63, 3.8) is 0 Å². The first-order valence-corrected chi connectivity index (χ1v) is 5.75. The Morgan fingerprint density at radius 2 is 2.25 bits per heavy atom. The number of aliphatic hydroxyl groups excluding tert-OH is 1. The van der Waals surface area contributed by atoms with Crippen LogP contribution in [0.3, 0.4) is 0 Å². The van der Waals surface area contributed by atoms with E-state index in [4.69, 9.17) is 0 Å². The van der Waals surface area contributed by atoms with Crippen LogP contribution in [-0.4, -0.2) is 33.4 Å². The first-order chi connectivity index (χ1) is 7.77. The lowest BCUT2D eigenvalue weighted by atomic mass is 10.1. The first-order valence-electron chi connectivity index (χ1n) is 5.75. The number of hydrogen-bond acceptors (Lipinski definition) is 3. The van der Waals surface area contributed by atoms with E-state index in [0.29, 0.717) is 5.69 Å². The average Bonchev–Trinajstić information content (AvgIpc) is 2.73. The topological polar surface area (TPSA) is 78.0 Å². The maximum atomic E-state index is 11.7. The second kappa shape index (κ2) is 5.12. The molecule has 0 radical (unpaired) electrons. The minimum absolute atomic E-state index is 0.127. The number of rotatable bonds is 2. The van der Waals surface area contributed by atoms with Crippen molar-refractivity contribution in [3.05, 3.63) is 18.0 Å². The third kappa shape index (κ3) is 2.61. The van der Waals surface area contributed by atoms with Gasteiger partial charge < -0.3 is 10.4 Å². The van der Waals surface area contributed by atoms with E-state index >= 15 is 0 Å². The quantitative estimate of drug-likeness (QED) is 0.650. The van der Waals surface area contributed by atoms with Crippen molar-refractivity contribution >= 4 is 5.91 Å². The number of aromatic amines is 1. The minimum Gasteiger partial charge on any atom is -0.391 e. The lowest BCUT2D eigenvalue weighted by molar-refractivity contribution is 0.0814. The van der Waals surface area contributed by atoms with E-state index in [1.807, 2.05) is 0 Å². The van der Waals surface area contributed by atoms with Crippen molar-refractivity contribution < 1.29 is 9.90 Å². The third-order valence-electron chi connectivity index (χ3n) is 3.04. The van der Waals surface area contributed by atoms with Gasteiger partial charge in [-0.2, -0.15) is 5.10 Å². The van der Waals surface area contributed by atoms with Gasteiger partial charge in [-0.15, -0.1) is 0 Å². The van der Waals surface area contributed by atoms with E-state index in [1.54, 1.807) is 12.3 Å². The normalized spacial score (nSPS) is 26.1. The summed E-state index contributed by atoms with van der Waals surface area (Å²) in [6.45, 7) is 0. The van der Waals surface area contributed by atoms with Crippen LogP contribution in [-0.2, 0) is 0 Å². The summed E-state index contributed by atoms with van der Waals surface area (Å²) in [5.41, 5.74) is 0.441. The van der Waals surface area contributed by atoms with Crippen LogP contribution in [0.15, 0.2) is 12.3 Å². The molecule has 0 aliphatic heterocycles. The van der Waals surface area contributed by atoms with Crippen LogP contribution in [0.5, 0.6) is 0 Å². The van der Waals surface area contributed by atoms with Gasteiger partial charge in [-0.25, -0.2) is 0 Å². The van der Waals surface area contributed by atoms with Crippen LogP contribution >= 0.6 is 0 Å². The Bertz CT molecular complexity index is 337. The molecule has 1 fully saturated rings. The molecule has 0 spiro atoms. The summed E-state index contributed by atoms with van der Waals surface area (Å²) in [6.07, 6.45) is 5.97. The number of carbonyl (C=O) groups excluding carboxylic acids is 1. The summed E-state index contributed by atoms with van der Waals surface area (Å²) in [5, 5.41) is 19.0. The van der Waals surface area contributed by atoms with Crippen LogP contribution in [0, 0.1) is 0 Å². The number of nitrogens with zero attached hydrogens (tertiary/aromatic N) is 1. The maximum Gasteiger partial charge on any atom is 0.269 e. The maximum absolute atomic E-state index is 11.7. The molecule has 1 aliphatic rings. The molecule has 1 aliphatic carbocycles. The van der Waals surface area contributed by atoms with Crippen LogP contribution in [0.4, 0.5) is 0 Å². The predicted molar refractivity (Wildman–Crippen MR) is 58.9 cm³/mol. The molecule has 88 valence electrons. The first kappa shape index (κ1) is 11.1. The number of aliphatic hydroxyl groups is 1. The highest BCUT2D eigenvalue weighted by atomic mass is 16.3. The van der Waals surface area contributed by atoms with E-state index in [2.05, 4.69) is 15.5 Å². The van der Waals surface area contributed by atoms with Gasteiger partial charge >= 0.3 is 0 Å². The summed E-state index contributed by atoms with van der Waals surface area (Å²) in [7, 11) is 0. The van der Waals surface area contributed by atoms with Gasteiger partial charge in [0.15, 0.2) is 0 Å². The van der Waals surface area contributed by atoms with E-state index < -0.39 is 6.10 Å². The fourth-order valence-corrected chi connectivity index (χ4v) is 2.08. The van der Waals surface area contributed by atoms with Gasteiger partial charge in [0.2, 0.25) is 0 Å². The standard InChI is InChI=1S/C11H17N3O2/c15-10-5-3-1-2-4-8(10)13-11(16)9-6-7-12-14-9/h6-8,10,15H,1-5H2,(H,12,14)(H,13,16). The fraction of sp³-hybridized carbons (Fsp3) is 0.636. The SMILES string of the molecule is O=C(NC1CCCCCC1O)c1ccn[nH]1. The van der Waals surface area contributed by atoms with Crippen LogP contribution in [0.25, 0.3) is 0 Å². The summed E-state index contributed by atoms with van der Waals surface area (Å²) in [6, 6.07) is 1.50. The Kier molecular flexibility index (Phi) is 3.56. The molecule has 0 saturated heterocycles. The molecule has 0 bridgehead atoms. The van der Waals surface area contributed by atoms with Gasteiger partial charge in [0.05, 0.1) is 12.1 Å². The van der Waals surface area contributed by atoms with Crippen molar-refractivity contribution in [2.24, 2.45) is 0 Å². The summed E-state index contributed by atoms with van der Waals surface area (Å²) < 4.78 is 0. The van der Waals surface area contributed by atoms with E-state index in [0.717, 1.165) is 32.1 Å². The third-order valence-corrected chi connectivity index (χ3v) is 3.04. The zero-order valence-electron chi connectivity index (χ0n) is 9.15. The number of H-pyrrole nitrogens is 1. The lowest BCUT2D eigenvalue weighted by Crippen LogP contribution is -2.42. The Labute approximate surface area is 94.2 Å². The molecule has 3 N–H and O–H groups in total. The van der Waals surface area contributed by atoms with Crippen molar-refractivity contribution in [1.29, 1.82) is 0 Å². The van der Waals surface area contributed by atoms with Gasteiger partial charge in [-0.05, 0) is 18.9 Å². The van der Waals surface area contributed by atoms with Crippen molar-refractivity contribution in [1.82, 2.24) is 15.5 Å². The largest absolute Gasteiger partial charge is 0.391 e. The monoisotopic (exact) mass is 223 g/mol. The number of hydrogen-bond donors (Lipinski definition) is 3. The highest BCUT2D eigenvalue weighted by Gasteiger charge is 2.23. The number of carbonyl (C=O) groups is 1. The van der Waals surface area contributed by atoms with E-state index in [9.17, 15) is 9.90 Å². The van der Waals surface area contributed by atoms with Gasteiger partial charge in [-0.3, -0.25) is 9.89 Å². The highest BCUT2D eigenvalue weighted by molar-refractivity contribution is 5.92. The molecule has 1 saturated carbocycles. The van der Waals surface area contributed by atoms with Crippen molar-refractivity contribution in [2.45, 2.75) is 44.2 Å². The van der Waals surface area contributed by atoms with Crippen molar-refractivity contribution in [2.75, 3.05) is 0 Å². The van der Waals surface area contributed by atoms with Gasteiger partial charge in [0.25, 0.3) is 5.91 Å². The van der Waals surface area contributed by atoms with Gasteiger partial charge in [0.1, 0.15) is 5.69 Å². The Hall–Kier alpha value is -1.36. The molecule has 2 atom stereocenters. The molecule has 1 aromatic heterocycles. The van der Waals surface area contributed by atoms with Crippen LogP contribution in [0.1, 0.15) is 42.6 Å². The molecule has 0 aromatic carbocycles. The van der Waals surface area contributed by atoms with Gasteiger partial charge in [-0.1, -0.05) is 19.3 Å². The molecule has 1 amide bonds. The smallest absolute Gasteiger partial charge is 0.269 e. The average molecular weight is 223 g/mol. The lowest BCUT2D eigenvalue weighted by Gasteiger charge is -2.21. The summed E-state index contributed by atoms with van der Waals surface area (Å²) in [5.74, 6) is -0.191. The summed E-state index contributed by atoms with van der Waals surface area (Å²) >= 11 is 0. The summed E-state index contributed by atoms with van der Waals surface area (Å²) in [4.78, 5) is 11.7. The molecular weight excluding hydrogens is 206 g/mol. The second-order valence-electron chi connectivity index (χ2n) is 4.26. The second-order valence-corrected chi connectivity index (χ2v) is 4.26. The zero-order valence-corrected chi connectivity index (χ0v) is 9.15. The van der Waals surface area contributed by atoms with Crippen LogP contribution in [0.2, 0.25) is 0 Å². The van der Waals surface area contributed by atoms with Gasteiger partial charge in [0, 0.05) is 6.20 Å². The van der Waals surface area contributed by atoms with E-state index in [1.165, 1.54) is 0 Å². The molecule has 16 heavy (non-hydrogen) atoms. The molecule has 2 unspecified atom stereocenters. The predicted octanol–water partition coefficient (Wildman–Crippen LogP) is 0.833. The van der Waals surface area contributed by atoms with E-state index in [-0.39, 0.29) is 11.9 Å². The molecule has 1 aromatic rings. The molecule has 5 heteroatoms. The minimum atomic E-state index is -0.422. The fourth-order valence-electron chi connectivity index (χ4n) is 2.08. The molecule has 2 rings (SSSR count). The Morgan fingerprint density at radius 1 is 1.44 bits per heavy atom. The highest BCUT2D eigenvalue weighted by Crippen LogP contribution is 2.18. The number of aromatic nitrogens is 2. The van der Waals surface area contributed by atoms with Crippen LogP contribution < -0.4 is 5.32 Å². The zero-order chi connectivity index (χ0) is 11.4. The Morgan fingerprint density at radius 3 is 3.00 bits per heavy atom. The number of nitrogens with one attached hydrogen (secondary N) is 2. The van der Waals surface area contributed by atoms with Crippen molar-refractivity contribution in [3.8, 4) is 0 Å². The molecule has 5 nitrogen and oxygen atoms in total. The Balaban J connectivity index is 1.95. The molecular formula is C11H17N3O2. The molecule has 1 heterocycles.